The van der Waals surface area contributed by atoms with Crippen molar-refractivity contribution < 1.29 is 0 Å². The van der Waals surface area contributed by atoms with Crippen LogP contribution in [0.2, 0.25) is 0 Å². The Morgan fingerprint density at radius 3 is 1.28 bits per heavy atom. The second-order valence-corrected chi connectivity index (χ2v) is 19.6. The highest BCUT2D eigenvalue weighted by molar-refractivity contribution is 5.70. The number of fused-ring (bicyclic) bond motifs is 13. The minimum Gasteiger partial charge on any atom is -0.345 e. The molecule has 3 heteroatoms. The van der Waals surface area contributed by atoms with Gasteiger partial charge in [0, 0.05) is 65.9 Å². The molecular formula is C51H63N3. The molecule has 15 rings (SSSR count). The van der Waals surface area contributed by atoms with Gasteiger partial charge in [-0.25, -0.2) is 0 Å². The van der Waals surface area contributed by atoms with Crippen LogP contribution in [0.15, 0.2) is 6.07 Å². The molecule has 10 aliphatic rings. The van der Waals surface area contributed by atoms with Crippen LogP contribution in [0.1, 0.15) is 235 Å². The van der Waals surface area contributed by atoms with Gasteiger partial charge in [-0.3, -0.25) is 0 Å². The Bertz CT molecular complexity index is 2190. The van der Waals surface area contributed by atoms with E-state index in [2.05, 4.69) is 95.9 Å². The Hall–Kier alpha value is -3.72. The number of hydrogen-bond donors (Lipinski definition) is 0. The van der Waals surface area contributed by atoms with Crippen molar-refractivity contribution in [1.82, 2.24) is 13.7 Å². The van der Waals surface area contributed by atoms with Gasteiger partial charge >= 0.3 is 0 Å². The first-order chi connectivity index (χ1) is 25.3. The first-order valence-electron chi connectivity index (χ1n) is 21.4. The van der Waals surface area contributed by atoms with E-state index >= 15 is 0 Å². The Balaban J connectivity index is 0.0000000833. The first kappa shape index (κ1) is 34.7. The number of aromatic nitrogens is 3. The molecule has 8 aliphatic carbocycles. The molecule has 54 heavy (non-hydrogen) atoms. The minimum atomic E-state index is 0. The Morgan fingerprint density at radius 1 is 0.407 bits per heavy atom. The lowest BCUT2D eigenvalue weighted by Crippen LogP contribution is -2.00. The number of hydrogen-bond acceptors (Lipinski definition) is 0. The molecule has 0 amide bonds. The number of rotatable bonds is 5. The lowest BCUT2D eigenvalue weighted by Gasteiger charge is -2.08. The van der Waals surface area contributed by atoms with Crippen molar-refractivity contribution in [2.45, 2.75) is 178 Å². The van der Waals surface area contributed by atoms with Gasteiger partial charge in [0.2, 0.25) is 0 Å². The van der Waals surface area contributed by atoms with Gasteiger partial charge in [0.05, 0.1) is 13.1 Å². The van der Waals surface area contributed by atoms with Gasteiger partial charge in [-0.05, 0) is 165 Å². The van der Waals surface area contributed by atoms with Gasteiger partial charge in [0.1, 0.15) is 0 Å². The molecule has 282 valence electrons. The second kappa shape index (κ2) is 11.4. The van der Waals surface area contributed by atoms with E-state index in [1.54, 1.807) is 129 Å². The molecule has 0 radical (unpaired) electrons. The Kier molecular flexibility index (Phi) is 7.35. The summed E-state index contributed by atoms with van der Waals surface area (Å²) in [5.41, 5.74) is 38.2. The summed E-state index contributed by atoms with van der Waals surface area (Å²) in [7, 11) is 0. The molecular weight excluding hydrogens is 655 g/mol. The molecule has 0 spiro atoms. The SMILES string of the molecule is C.CC(C)c1c2c(c3n1C3)C2.CC(C)c1c2c(cc3c1C3)C2.CC(C)c1c2c(n3c1C3)C2.CC(C)n1c2c(c3c1C3)C2.Cc1c2c(c(C(C)C)c3c1C3)C2. The van der Waals surface area contributed by atoms with Gasteiger partial charge in [0.25, 0.3) is 0 Å². The summed E-state index contributed by atoms with van der Waals surface area (Å²) >= 11 is 0. The third-order valence-corrected chi connectivity index (χ3v) is 14.0. The predicted octanol–water partition coefficient (Wildman–Crippen LogP) is 11.8. The highest BCUT2D eigenvalue weighted by atomic mass is 15.2. The van der Waals surface area contributed by atoms with Crippen LogP contribution in [0.3, 0.4) is 0 Å². The van der Waals surface area contributed by atoms with E-state index < -0.39 is 0 Å². The maximum absolute atomic E-state index is 2.52. The summed E-state index contributed by atoms with van der Waals surface area (Å²) in [6.07, 6.45) is 10.4. The maximum Gasteiger partial charge on any atom is 0.0632 e. The van der Waals surface area contributed by atoms with E-state index in [4.69, 9.17) is 0 Å². The topological polar surface area (TPSA) is 14.8 Å². The monoisotopic (exact) mass is 718 g/mol. The van der Waals surface area contributed by atoms with Gasteiger partial charge in [-0.1, -0.05) is 68.9 Å². The van der Waals surface area contributed by atoms with E-state index in [1.165, 1.54) is 64.5 Å². The van der Waals surface area contributed by atoms with Crippen molar-refractivity contribution in [3.8, 4) is 0 Å². The molecule has 0 N–H and O–H groups in total. The second-order valence-electron chi connectivity index (χ2n) is 19.6. The molecule has 3 aromatic heterocycles. The average Bonchev–Trinajstić information content (AvgIpc) is 3.90. The zero-order chi connectivity index (χ0) is 36.7. The van der Waals surface area contributed by atoms with Crippen molar-refractivity contribution in [1.29, 1.82) is 0 Å². The molecule has 0 bridgehead atoms. The molecule has 0 fully saturated rings. The summed E-state index contributed by atoms with van der Waals surface area (Å²) in [4.78, 5) is 0. The minimum absolute atomic E-state index is 0. The van der Waals surface area contributed by atoms with Crippen LogP contribution in [0.25, 0.3) is 0 Å². The lowest BCUT2D eigenvalue weighted by atomic mass is 10.0. The Labute approximate surface area is 325 Å². The molecule has 0 unspecified atom stereocenters. The van der Waals surface area contributed by atoms with Crippen LogP contribution in [0, 0.1) is 6.92 Å². The molecule has 0 atom stereocenters. The lowest BCUT2D eigenvalue weighted by molar-refractivity contribution is 0.589. The third-order valence-electron chi connectivity index (χ3n) is 14.0. The van der Waals surface area contributed by atoms with Crippen molar-refractivity contribution >= 4 is 0 Å². The summed E-state index contributed by atoms with van der Waals surface area (Å²) in [5.74, 6) is 3.00. The van der Waals surface area contributed by atoms with Crippen LogP contribution >= 0.6 is 0 Å². The van der Waals surface area contributed by atoms with Crippen LogP contribution in [-0.2, 0) is 64.5 Å². The summed E-state index contributed by atoms with van der Waals surface area (Å²) < 4.78 is 7.45. The maximum atomic E-state index is 2.52. The standard InChI is InChI=1S/C12H14.C11H12.3C9H11N.CH4/c1-6(2)12-10-4-8(10)7(3)9-5-11(9)12;1-6(2)11-9-4-7(9)3-8-5-10(8)11;1-5(2)10-8-3-6(8)7-4-9(7)10;1-5(2)9-6-3-7(6)10-4-8(9)10;1-5(2)9-7-3-6(7)8-4-10(8)9;/h6H,4-5H2,1-3H3;3,6H,4-5H2,1-2H3;3*5H,3-4H2,1-2H3;1H4. The fourth-order valence-electron chi connectivity index (χ4n) is 11.0. The van der Waals surface area contributed by atoms with Gasteiger partial charge in [0.15, 0.2) is 0 Å². The molecule has 5 heterocycles. The van der Waals surface area contributed by atoms with Crippen LogP contribution in [0.4, 0.5) is 0 Å². The van der Waals surface area contributed by atoms with Crippen molar-refractivity contribution in [2.24, 2.45) is 0 Å². The highest BCUT2D eigenvalue weighted by Crippen LogP contribution is 2.51. The molecule has 0 saturated carbocycles. The summed E-state index contributed by atoms with van der Waals surface area (Å²) in [5, 5.41) is 0. The summed E-state index contributed by atoms with van der Waals surface area (Å²) in [6.45, 7) is 27.8. The van der Waals surface area contributed by atoms with Gasteiger partial charge < -0.3 is 13.7 Å². The van der Waals surface area contributed by atoms with E-state index in [0.717, 1.165) is 23.7 Å². The van der Waals surface area contributed by atoms with Crippen LogP contribution in [-0.4, -0.2) is 13.7 Å². The van der Waals surface area contributed by atoms with E-state index in [1.807, 2.05) is 0 Å². The van der Waals surface area contributed by atoms with E-state index in [9.17, 15) is 0 Å². The Morgan fingerprint density at radius 2 is 0.889 bits per heavy atom. The molecule has 3 nitrogen and oxygen atoms in total. The third kappa shape index (κ3) is 5.48. The predicted molar refractivity (Wildman–Crippen MR) is 225 cm³/mol. The molecule has 5 aromatic rings. The quantitative estimate of drug-likeness (QED) is 0.168. The zero-order valence-electron chi connectivity index (χ0n) is 34.4. The smallest absolute Gasteiger partial charge is 0.0632 e. The largest absolute Gasteiger partial charge is 0.345 e. The van der Waals surface area contributed by atoms with Crippen LogP contribution in [0.5, 0.6) is 0 Å². The van der Waals surface area contributed by atoms with Crippen molar-refractivity contribution in [2.75, 3.05) is 0 Å². The van der Waals surface area contributed by atoms with Gasteiger partial charge in [-0.2, -0.15) is 0 Å². The van der Waals surface area contributed by atoms with Crippen molar-refractivity contribution in [3.05, 3.63) is 135 Å². The molecule has 0 saturated heterocycles. The van der Waals surface area contributed by atoms with Crippen molar-refractivity contribution in [3.63, 3.8) is 0 Å². The van der Waals surface area contributed by atoms with Gasteiger partial charge in [-0.15, -0.1) is 0 Å². The fraction of sp³-hybridized carbons (Fsp3) is 0.529. The van der Waals surface area contributed by atoms with E-state index in [0.29, 0.717) is 6.04 Å². The van der Waals surface area contributed by atoms with Crippen LogP contribution < -0.4 is 0 Å². The highest BCUT2D eigenvalue weighted by Gasteiger charge is 2.42. The fourth-order valence-corrected chi connectivity index (χ4v) is 11.0. The normalized spacial score (nSPS) is 16.4. The van der Waals surface area contributed by atoms with E-state index in [-0.39, 0.29) is 7.43 Å². The summed E-state index contributed by atoms with van der Waals surface area (Å²) in [6, 6.07) is 3.10. The number of benzene rings is 2. The number of nitrogens with zero attached hydrogens (tertiary/aromatic N) is 3. The zero-order valence-corrected chi connectivity index (χ0v) is 34.4. The molecule has 2 aromatic carbocycles. The first-order valence-corrected chi connectivity index (χ1v) is 21.4. The molecule has 2 aliphatic heterocycles. The average molecular weight is 718 g/mol.